The van der Waals surface area contributed by atoms with Crippen molar-refractivity contribution >= 4 is 17.5 Å². The molecule has 6 heteroatoms. The number of carbonyl (C=O) groups excluding carboxylic acids is 2. The minimum Gasteiger partial charge on any atom is -0.472 e. The predicted octanol–water partition coefficient (Wildman–Crippen LogP) is 2.11. The van der Waals surface area contributed by atoms with Gasteiger partial charge in [0, 0.05) is 43.9 Å². The molecule has 1 aromatic carbocycles. The van der Waals surface area contributed by atoms with E-state index in [9.17, 15) is 9.59 Å². The number of ether oxygens (including phenoxy) is 1. The summed E-state index contributed by atoms with van der Waals surface area (Å²) in [7, 11) is 0. The molecule has 0 saturated carbocycles. The Balaban J connectivity index is 1.36. The molecule has 0 aliphatic carbocycles. The molecular formula is C20H21N3O3. The van der Waals surface area contributed by atoms with Crippen LogP contribution in [0.4, 0.5) is 5.69 Å². The lowest BCUT2D eigenvalue weighted by Crippen LogP contribution is -2.37. The fourth-order valence-corrected chi connectivity index (χ4v) is 3.60. The minimum absolute atomic E-state index is 0.00929. The number of nitrogens with zero attached hydrogens (tertiary/aromatic N) is 3. The first-order valence-corrected chi connectivity index (χ1v) is 8.92. The summed E-state index contributed by atoms with van der Waals surface area (Å²) in [5, 5.41) is 0. The number of benzene rings is 1. The van der Waals surface area contributed by atoms with Crippen LogP contribution in [-0.4, -0.2) is 47.4 Å². The molecule has 26 heavy (non-hydrogen) atoms. The van der Waals surface area contributed by atoms with Gasteiger partial charge in [0.25, 0.3) is 0 Å². The van der Waals surface area contributed by atoms with E-state index in [-0.39, 0.29) is 30.3 Å². The summed E-state index contributed by atoms with van der Waals surface area (Å²) in [6.45, 7) is 1.65. The Morgan fingerprint density at radius 1 is 1.08 bits per heavy atom. The van der Waals surface area contributed by atoms with Crippen LogP contribution in [0.1, 0.15) is 12.8 Å². The third-order valence-corrected chi connectivity index (χ3v) is 4.92. The number of carbonyl (C=O) groups is 2. The van der Waals surface area contributed by atoms with E-state index in [0.29, 0.717) is 25.5 Å². The van der Waals surface area contributed by atoms with Crippen LogP contribution in [0.3, 0.4) is 0 Å². The Bertz CT molecular complexity index is 781. The van der Waals surface area contributed by atoms with Gasteiger partial charge in [-0.1, -0.05) is 24.3 Å². The quantitative estimate of drug-likeness (QED) is 0.846. The van der Waals surface area contributed by atoms with Gasteiger partial charge in [0.05, 0.1) is 12.5 Å². The number of amides is 2. The van der Waals surface area contributed by atoms with Crippen LogP contribution in [-0.2, 0) is 9.59 Å². The lowest BCUT2D eigenvalue weighted by atomic mass is 10.1. The second kappa shape index (κ2) is 7.15. The van der Waals surface area contributed by atoms with Crippen LogP contribution in [0.15, 0.2) is 54.7 Å². The molecule has 2 amide bonds. The fourth-order valence-electron chi connectivity index (χ4n) is 3.60. The predicted molar refractivity (Wildman–Crippen MR) is 96.8 cm³/mol. The Kier molecular flexibility index (Phi) is 4.56. The molecule has 4 rings (SSSR count). The van der Waals surface area contributed by atoms with Crippen molar-refractivity contribution in [2.24, 2.45) is 5.92 Å². The van der Waals surface area contributed by atoms with Crippen LogP contribution in [0.5, 0.6) is 5.88 Å². The molecule has 2 aliphatic rings. The number of rotatable bonds is 4. The van der Waals surface area contributed by atoms with E-state index in [1.54, 1.807) is 11.1 Å². The Morgan fingerprint density at radius 3 is 2.65 bits per heavy atom. The van der Waals surface area contributed by atoms with Crippen molar-refractivity contribution in [1.29, 1.82) is 0 Å². The molecule has 2 unspecified atom stereocenters. The first kappa shape index (κ1) is 16.6. The third-order valence-electron chi connectivity index (χ3n) is 4.92. The Morgan fingerprint density at radius 2 is 1.88 bits per heavy atom. The van der Waals surface area contributed by atoms with Gasteiger partial charge in [-0.25, -0.2) is 4.98 Å². The number of anilines is 1. The van der Waals surface area contributed by atoms with Gasteiger partial charge in [-0.15, -0.1) is 0 Å². The summed E-state index contributed by atoms with van der Waals surface area (Å²) >= 11 is 0. The van der Waals surface area contributed by atoms with Crippen molar-refractivity contribution in [2.45, 2.75) is 18.9 Å². The largest absolute Gasteiger partial charge is 0.472 e. The smallest absolute Gasteiger partial charge is 0.228 e. The number of aromatic nitrogens is 1. The van der Waals surface area contributed by atoms with Gasteiger partial charge in [-0.2, -0.15) is 0 Å². The fraction of sp³-hybridized carbons (Fsp3) is 0.350. The van der Waals surface area contributed by atoms with Gasteiger partial charge in [-0.05, 0) is 18.2 Å². The minimum atomic E-state index is -0.281. The summed E-state index contributed by atoms with van der Waals surface area (Å²) in [6, 6.07) is 15.1. The second-order valence-corrected chi connectivity index (χ2v) is 6.72. The van der Waals surface area contributed by atoms with Gasteiger partial charge in [0.1, 0.15) is 6.10 Å². The summed E-state index contributed by atoms with van der Waals surface area (Å²) in [6.07, 6.45) is 2.70. The monoisotopic (exact) mass is 351 g/mol. The first-order chi connectivity index (χ1) is 12.7. The van der Waals surface area contributed by atoms with Gasteiger partial charge in [-0.3, -0.25) is 9.59 Å². The highest BCUT2D eigenvalue weighted by molar-refractivity contribution is 6.00. The van der Waals surface area contributed by atoms with Gasteiger partial charge in [0.15, 0.2) is 0 Å². The summed E-state index contributed by atoms with van der Waals surface area (Å²) in [4.78, 5) is 32.9. The number of pyridine rings is 1. The maximum atomic E-state index is 12.8. The van der Waals surface area contributed by atoms with Gasteiger partial charge >= 0.3 is 0 Å². The average molecular weight is 351 g/mol. The van der Waals surface area contributed by atoms with Crippen LogP contribution in [0.2, 0.25) is 0 Å². The van der Waals surface area contributed by atoms with Crippen LogP contribution in [0, 0.1) is 5.92 Å². The van der Waals surface area contributed by atoms with Crippen LogP contribution < -0.4 is 9.64 Å². The molecule has 2 saturated heterocycles. The lowest BCUT2D eigenvalue weighted by molar-refractivity contribution is -0.135. The van der Waals surface area contributed by atoms with E-state index in [2.05, 4.69) is 4.98 Å². The zero-order valence-corrected chi connectivity index (χ0v) is 14.5. The topological polar surface area (TPSA) is 62.7 Å². The molecule has 134 valence electrons. The number of likely N-dealkylation sites (tertiary alicyclic amines) is 1. The maximum Gasteiger partial charge on any atom is 0.228 e. The molecule has 3 heterocycles. The van der Waals surface area contributed by atoms with E-state index >= 15 is 0 Å². The molecule has 6 nitrogen and oxygen atoms in total. The number of hydrogen-bond donors (Lipinski definition) is 0. The molecule has 2 aromatic rings. The van der Waals surface area contributed by atoms with E-state index in [1.165, 1.54) is 0 Å². The van der Waals surface area contributed by atoms with E-state index in [0.717, 1.165) is 12.1 Å². The van der Waals surface area contributed by atoms with E-state index in [4.69, 9.17) is 4.74 Å². The SMILES string of the molecule is O=C(C1CC(=O)N(c2ccccc2)C1)N1CCC(Oc2ccccn2)C1. The zero-order valence-electron chi connectivity index (χ0n) is 14.5. The normalized spacial score (nSPS) is 22.7. The second-order valence-electron chi connectivity index (χ2n) is 6.72. The van der Waals surface area contributed by atoms with Crippen LogP contribution in [0.25, 0.3) is 0 Å². The highest BCUT2D eigenvalue weighted by Gasteiger charge is 2.39. The molecule has 2 atom stereocenters. The molecule has 2 fully saturated rings. The molecular weight excluding hydrogens is 330 g/mol. The van der Waals surface area contributed by atoms with Crippen molar-refractivity contribution in [1.82, 2.24) is 9.88 Å². The van der Waals surface area contributed by atoms with Crippen molar-refractivity contribution in [3.05, 3.63) is 54.7 Å². The summed E-state index contributed by atoms with van der Waals surface area (Å²) in [5.74, 6) is 0.355. The Labute approximate surface area is 152 Å². The zero-order chi connectivity index (χ0) is 17.9. The van der Waals surface area contributed by atoms with Gasteiger partial charge in [0.2, 0.25) is 17.7 Å². The summed E-state index contributed by atoms with van der Waals surface area (Å²) < 4.78 is 5.85. The Hall–Kier alpha value is -2.89. The highest BCUT2D eigenvalue weighted by Crippen LogP contribution is 2.27. The maximum absolute atomic E-state index is 12.8. The van der Waals surface area contributed by atoms with Crippen LogP contribution >= 0.6 is 0 Å². The van der Waals surface area contributed by atoms with Crippen molar-refractivity contribution < 1.29 is 14.3 Å². The standard InChI is InChI=1S/C20H21N3O3/c24-19-12-15(13-23(19)16-6-2-1-3-7-16)20(25)22-11-9-17(14-22)26-18-8-4-5-10-21-18/h1-8,10,15,17H,9,11-14H2. The molecule has 0 N–H and O–H groups in total. The van der Waals surface area contributed by atoms with Crippen molar-refractivity contribution in [3.63, 3.8) is 0 Å². The van der Waals surface area contributed by atoms with E-state index in [1.807, 2.05) is 53.4 Å². The third kappa shape index (κ3) is 3.40. The molecule has 0 bridgehead atoms. The first-order valence-electron chi connectivity index (χ1n) is 8.92. The number of hydrogen-bond acceptors (Lipinski definition) is 4. The molecule has 0 spiro atoms. The molecule has 0 radical (unpaired) electrons. The molecule has 2 aliphatic heterocycles. The lowest BCUT2D eigenvalue weighted by Gasteiger charge is -2.21. The average Bonchev–Trinajstić information content (AvgIpc) is 3.29. The highest BCUT2D eigenvalue weighted by atomic mass is 16.5. The van der Waals surface area contributed by atoms with E-state index < -0.39 is 0 Å². The summed E-state index contributed by atoms with van der Waals surface area (Å²) in [5.41, 5.74) is 0.852. The number of para-hydroxylation sites is 1. The van der Waals surface area contributed by atoms with Gasteiger partial charge < -0.3 is 14.5 Å². The van der Waals surface area contributed by atoms with Crippen molar-refractivity contribution in [3.8, 4) is 5.88 Å². The molecule has 1 aromatic heterocycles. The van der Waals surface area contributed by atoms with Crippen molar-refractivity contribution in [2.75, 3.05) is 24.5 Å².